The summed E-state index contributed by atoms with van der Waals surface area (Å²) in [6.45, 7) is -0.0876. The first-order chi connectivity index (χ1) is 9.41. The summed E-state index contributed by atoms with van der Waals surface area (Å²) in [5.74, 6) is 0. The van der Waals surface area contributed by atoms with Gasteiger partial charge in [0.15, 0.2) is 0 Å². The van der Waals surface area contributed by atoms with Crippen molar-refractivity contribution in [1.82, 2.24) is 0 Å². The van der Waals surface area contributed by atoms with Gasteiger partial charge in [0.05, 0.1) is 25.4 Å². The molecule has 1 fully saturated rings. The molecule has 4 nitrogen and oxygen atoms in total. The highest BCUT2D eigenvalue weighted by Crippen LogP contribution is 2.29. The number of rotatable bonds is 4. The van der Waals surface area contributed by atoms with E-state index in [2.05, 4.69) is 0 Å². The minimum atomic E-state index is -4.36. The number of benzene rings is 1. The first kappa shape index (κ1) is 15.2. The van der Waals surface area contributed by atoms with Crippen molar-refractivity contribution in [3.8, 4) is 0 Å². The van der Waals surface area contributed by atoms with Crippen molar-refractivity contribution in [2.45, 2.75) is 31.1 Å². The largest absolute Gasteiger partial charge is 0.416 e. The molecule has 0 saturated carbocycles. The molecule has 1 aromatic rings. The van der Waals surface area contributed by atoms with Crippen molar-refractivity contribution in [3.05, 3.63) is 35.4 Å². The number of aliphatic hydroxyl groups excluding tert-OH is 2. The lowest BCUT2D eigenvalue weighted by atomic mass is 10.1. The molecule has 1 aliphatic rings. The van der Waals surface area contributed by atoms with Crippen LogP contribution in [0.2, 0.25) is 0 Å². The van der Waals surface area contributed by atoms with Gasteiger partial charge < -0.3 is 19.7 Å². The smallest absolute Gasteiger partial charge is 0.394 e. The summed E-state index contributed by atoms with van der Waals surface area (Å²) in [6.07, 6.45) is -6.56. The van der Waals surface area contributed by atoms with Crippen molar-refractivity contribution in [1.29, 1.82) is 0 Å². The van der Waals surface area contributed by atoms with Gasteiger partial charge in [-0.2, -0.15) is 13.2 Å². The summed E-state index contributed by atoms with van der Waals surface area (Å²) in [7, 11) is 0. The van der Waals surface area contributed by atoms with Gasteiger partial charge in [-0.1, -0.05) is 12.1 Å². The average molecular weight is 292 g/mol. The van der Waals surface area contributed by atoms with Gasteiger partial charge in [-0.3, -0.25) is 0 Å². The molecule has 2 N–H and O–H groups in total. The van der Waals surface area contributed by atoms with E-state index in [4.69, 9.17) is 14.6 Å². The highest BCUT2D eigenvalue weighted by Gasteiger charge is 2.36. The van der Waals surface area contributed by atoms with Crippen LogP contribution in [0.15, 0.2) is 24.3 Å². The Morgan fingerprint density at radius 2 is 1.90 bits per heavy atom. The predicted octanol–water partition coefficient (Wildman–Crippen LogP) is 1.34. The molecule has 7 heteroatoms. The molecule has 0 unspecified atom stereocenters. The number of hydrogen-bond acceptors (Lipinski definition) is 4. The number of alkyl halides is 3. The number of halogens is 3. The zero-order valence-corrected chi connectivity index (χ0v) is 10.5. The molecule has 0 radical (unpaired) electrons. The molecular formula is C13H15F3O4. The Bertz CT molecular complexity index is 432. The lowest BCUT2D eigenvalue weighted by molar-refractivity contribution is -0.137. The maximum absolute atomic E-state index is 12.4. The van der Waals surface area contributed by atoms with E-state index in [1.54, 1.807) is 0 Å². The second-order valence-electron chi connectivity index (χ2n) is 4.59. The van der Waals surface area contributed by atoms with Crippen molar-refractivity contribution in [2.24, 2.45) is 0 Å². The van der Waals surface area contributed by atoms with Crippen molar-refractivity contribution in [2.75, 3.05) is 13.2 Å². The zero-order valence-electron chi connectivity index (χ0n) is 10.5. The lowest BCUT2D eigenvalue weighted by Gasteiger charge is -2.16. The third-order valence-electron chi connectivity index (χ3n) is 3.16. The Kier molecular flexibility index (Phi) is 4.64. The predicted molar refractivity (Wildman–Crippen MR) is 62.9 cm³/mol. The molecule has 20 heavy (non-hydrogen) atoms. The van der Waals surface area contributed by atoms with Gasteiger partial charge in [0, 0.05) is 0 Å². The molecule has 2 rings (SSSR count). The molecule has 0 spiro atoms. The van der Waals surface area contributed by atoms with Crippen LogP contribution in [-0.4, -0.2) is 41.7 Å². The van der Waals surface area contributed by atoms with Gasteiger partial charge in [0.1, 0.15) is 18.3 Å². The van der Waals surface area contributed by atoms with Crippen LogP contribution in [0.5, 0.6) is 0 Å². The molecule has 0 bridgehead atoms. The van der Waals surface area contributed by atoms with E-state index in [0.717, 1.165) is 12.1 Å². The molecule has 0 amide bonds. The molecule has 112 valence electrons. The van der Waals surface area contributed by atoms with Gasteiger partial charge in [-0.15, -0.1) is 0 Å². The summed E-state index contributed by atoms with van der Waals surface area (Å²) < 4.78 is 47.6. The molecule has 3 atom stereocenters. The first-order valence-corrected chi connectivity index (χ1v) is 6.10. The van der Waals surface area contributed by atoms with Crippen molar-refractivity contribution >= 4 is 0 Å². The fourth-order valence-electron chi connectivity index (χ4n) is 1.96. The summed E-state index contributed by atoms with van der Waals surface area (Å²) in [5, 5.41) is 18.6. The van der Waals surface area contributed by atoms with E-state index in [9.17, 15) is 18.3 Å². The van der Waals surface area contributed by atoms with Gasteiger partial charge in [0.2, 0.25) is 0 Å². The van der Waals surface area contributed by atoms with Gasteiger partial charge in [-0.25, -0.2) is 0 Å². The van der Waals surface area contributed by atoms with Crippen LogP contribution in [0.3, 0.4) is 0 Å². The van der Waals surface area contributed by atoms with Crippen molar-refractivity contribution in [3.63, 3.8) is 0 Å². The Morgan fingerprint density at radius 3 is 2.40 bits per heavy atom. The molecule has 1 saturated heterocycles. The van der Waals surface area contributed by atoms with Crippen LogP contribution < -0.4 is 0 Å². The lowest BCUT2D eigenvalue weighted by Crippen LogP contribution is -2.33. The van der Waals surface area contributed by atoms with Crippen LogP contribution in [0.4, 0.5) is 13.2 Å². The van der Waals surface area contributed by atoms with E-state index in [-0.39, 0.29) is 19.8 Å². The van der Waals surface area contributed by atoms with Crippen LogP contribution in [0, 0.1) is 0 Å². The maximum atomic E-state index is 12.4. The minimum absolute atomic E-state index is 0.0708. The van der Waals surface area contributed by atoms with Crippen LogP contribution in [0.1, 0.15) is 11.1 Å². The number of ether oxygens (including phenoxy) is 2. The molecule has 0 aromatic heterocycles. The SMILES string of the molecule is OC[C@H]1OC[C@H](OCc2ccc(C(F)(F)F)cc2)[C@@H]1O. The van der Waals surface area contributed by atoms with Crippen LogP contribution >= 0.6 is 0 Å². The van der Waals surface area contributed by atoms with E-state index in [1.165, 1.54) is 12.1 Å². The Morgan fingerprint density at radius 1 is 1.25 bits per heavy atom. The summed E-state index contributed by atoms with van der Waals surface area (Å²) in [6, 6.07) is 4.62. The standard InChI is InChI=1S/C13H15F3O4/c14-13(15,16)9-3-1-8(2-4-9)6-19-11-7-20-10(5-17)12(11)18/h1-4,10-12,17-18H,5-7H2/t10-,11+,12-/m1/s1. The number of aliphatic hydroxyl groups is 2. The number of hydrogen-bond donors (Lipinski definition) is 2. The second kappa shape index (κ2) is 6.09. The normalized spacial score (nSPS) is 26.9. The van der Waals surface area contributed by atoms with Crippen LogP contribution in [-0.2, 0) is 22.3 Å². The monoisotopic (exact) mass is 292 g/mol. The second-order valence-corrected chi connectivity index (χ2v) is 4.59. The highest BCUT2D eigenvalue weighted by molar-refractivity contribution is 5.24. The van der Waals surface area contributed by atoms with Gasteiger partial charge >= 0.3 is 6.18 Å². The van der Waals surface area contributed by atoms with Crippen LogP contribution in [0.25, 0.3) is 0 Å². The molecule has 0 aliphatic carbocycles. The third-order valence-corrected chi connectivity index (χ3v) is 3.16. The van der Waals surface area contributed by atoms with E-state index >= 15 is 0 Å². The quantitative estimate of drug-likeness (QED) is 0.879. The fourth-order valence-corrected chi connectivity index (χ4v) is 1.96. The Balaban J connectivity index is 1.89. The van der Waals surface area contributed by atoms with Gasteiger partial charge in [-0.05, 0) is 17.7 Å². The van der Waals surface area contributed by atoms with E-state index in [0.29, 0.717) is 5.56 Å². The Labute approximate surface area is 113 Å². The minimum Gasteiger partial charge on any atom is -0.394 e. The summed E-state index contributed by atoms with van der Waals surface area (Å²) >= 11 is 0. The summed E-state index contributed by atoms with van der Waals surface area (Å²) in [4.78, 5) is 0. The average Bonchev–Trinajstić information content (AvgIpc) is 2.76. The zero-order chi connectivity index (χ0) is 14.8. The molecule has 1 heterocycles. The Hall–Kier alpha value is -1.15. The topological polar surface area (TPSA) is 58.9 Å². The van der Waals surface area contributed by atoms with Gasteiger partial charge in [0.25, 0.3) is 0 Å². The highest BCUT2D eigenvalue weighted by atomic mass is 19.4. The van der Waals surface area contributed by atoms with Crippen molar-refractivity contribution < 1.29 is 32.9 Å². The molecule has 1 aliphatic heterocycles. The molecule has 1 aromatic carbocycles. The molecular weight excluding hydrogens is 277 g/mol. The van der Waals surface area contributed by atoms with E-state index < -0.39 is 30.1 Å². The van der Waals surface area contributed by atoms with E-state index in [1.807, 2.05) is 0 Å². The fraction of sp³-hybridized carbons (Fsp3) is 0.538. The first-order valence-electron chi connectivity index (χ1n) is 6.10. The summed E-state index contributed by atoms with van der Waals surface area (Å²) in [5.41, 5.74) is -0.150. The maximum Gasteiger partial charge on any atom is 0.416 e. The third kappa shape index (κ3) is 3.49.